The minimum atomic E-state index is 0.160. The summed E-state index contributed by atoms with van der Waals surface area (Å²) in [6.45, 7) is 2.25. The molecule has 0 spiro atoms. The van der Waals surface area contributed by atoms with Crippen LogP contribution in [0, 0.1) is 0 Å². The van der Waals surface area contributed by atoms with E-state index in [1.165, 1.54) is 11.1 Å². The van der Waals surface area contributed by atoms with Crippen molar-refractivity contribution in [2.45, 2.75) is 18.8 Å². The number of phenols is 1. The molecule has 0 bridgehead atoms. The molecule has 0 amide bonds. The summed E-state index contributed by atoms with van der Waals surface area (Å²) >= 11 is 0. The van der Waals surface area contributed by atoms with Gasteiger partial charge in [-0.15, -0.1) is 0 Å². The van der Waals surface area contributed by atoms with E-state index in [-0.39, 0.29) is 12.4 Å². The Labute approximate surface area is 172 Å². The van der Waals surface area contributed by atoms with Crippen molar-refractivity contribution in [1.82, 2.24) is 5.32 Å². The Morgan fingerprint density at radius 1 is 0.793 bits per heavy atom. The third-order valence-corrected chi connectivity index (χ3v) is 5.62. The maximum Gasteiger partial charge on any atom is 0.115 e. The molecule has 4 rings (SSSR count). The predicted octanol–water partition coefficient (Wildman–Crippen LogP) is 4.81. The fourth-order valence-electron chi connectivity index (χ4n) is 3.90. The van der Waals surface area contributed by atoms with Crippen molar-refractivity contribution in [2.75, 3.05) is 19.7 Å². The van der Waals surface area contributed by atoms with Gasteiger partial charge in [-0.1, -0.05) is 66.7 Å². The minimum absolute atomic E-state index is 0.160. The standard InChI is InChI=1S/C26H27NO2/c28-16-4-7-25(20-5-2-1-3-6-20)26(22-12-14-24(29)15-13-22)21-10-8-19(9-11-21)23-17-27-18-23/h1-3,5-6,8-15,23,27-29H,4,7,16-18H2. The first-order valence-electron chi connectivity index (χ1n) is 10.3. The Bertz CT molecular complexity index is 956. The van der Waals surface area contributed by atoms with Gasteiger partial charge in [0.05, 0.1) is 0 Å². The molecule has 148 valence electrons. The summed E-state index contributed by atoms with van der Waals surface area (Å²) in [5, 5.41) is 22.6. The van der Waals surface area contributed by atoms with E-state index in [1.807, 2.05) is 18.2 Å². The summed E-state index contributed by atoms with van der Waals surface area (Å²) in [5.74, 6) is 0.866. The second-order valence-corrected chi connectivity index (χ2v) is 7.57. The van der Waals surface area contributed by atoms with E-state index >= 15 is 0 Å². The van der Waals surface area contributed by atoms with Crippen LogP contribution in [-0.4, -0.2) is 29.9 Å². The van der Waals surface area contributed by atoms with Crippen molar-refractivity contribution >= 4 is 11.1 Å². The Hall–Kier alpha value is -2.88. The second kappa shape index (κ2) is 9.08. The van der Waals surface area contributed by atoms with E-state index < -0.39 is 0 Å². The smallest absolute Gasteiger partial charge is 0.115 e. The van der Waals surface area contributed by atoms with Crippen molar-refractivity contribution in [3.8, 4) is 5.75 Å². The van der Waals surface area contributed by atoms with Gasteiger partial charge >= 0.3 is 0 Å². The van der Waals surface area contributed by atoms with E-state index in [9.17, 15) is 10.2 Å². The van der Waals surface area contributed by atoms with Crippen molar-refractivity contribution < 1.29 is 10.2 Å². The normalized spacial score (nSPS) is 14.9. The molecule has 0 radical (unpaired) electrons. The highest BCUT2D eigenvalue weighted by atomic mass is 16.3. The number of phenolic OH excluding ortho intramolecular Hbond substituents is 1. The number of aliphatic hydroxyl groups excluding tert-OH is 1. The van der Waals surface area contributed by atoms with Crippen molar-refractivity contribution in [1.29, 1.82) is 0 Å². The maximum absolute atomic E-state index is 9.78. The van der Waals surface area contributed by atoms with Gasteiger partial charge in [-0.25, -0.2) is 0 Å². The van der Waals surface area contributed by atoms with Crippen molar-refractivity contribution in [3.05, 3.63) is 101 Å². The molecule has 1 saturated heterocycles. The largest absolute Gasteiger partial charge is 0.508 e. The monoisotopic (exact) mass is 385 g/mol. The van der Waals surface area contributed by atoms with Gasteiger partial charge < -0.3 is 15.5 Å². The minimum Gasteiger partial charge on any atom is -0.508 e. The van der Waals surface area contributed by atoms with Gasteiger partial charge in [0.1, 0.15) is 5.75 Å². The van der Waals surface area contributed by atoms with E-state index in [4.69, 9.17) is 0 Å². The third kappa shape index (κ3) is 4.42. The first-order chi connectivity index (χ1) is 14.3. The number of allylic oxidation sites excluding steroid dienone is 1. The molecule has 0 aromatic heterocycles. The zero-order valence-corrected chi connectivity index (χ0v) is 16.5. The summed E-state index contributed by atoms with van der Waals surface area (Å²) in [6.07, 6.45) is 1.49. The molecule has 0 unspecified atom stereocenters. The van der Waals surface area contributed by atoms with Gasteiger partial charge in [0.15, 0.2) is 0 Å². The van der Waals surface area contributed by atoms with Crippen LogP contribution >= 0.6 is 0 Å². The highest BCUT2D eigenvalue weighted by Crippen LogP contribution is 2.36. The van der Waals surface area contributed by atoms with Gasteiger partial charge in [-0.05, 0) is 58.4 Å². The molecule has 3 aromatic rings. The van der Waals surface area contributed by atoms with Gasteiger partial charge in [-0.3, -0.25) is 0 Å². The lowest BCUT2D eigenvalue weighted by Gasteiger charge is -2.27. The highest BCUT2D eigenvalue weighted by Gasteiger charge is 2.19. The summed E-state index contributed by atoms with van der Waals surface area (Å²) in [4.78, 5) is 0. The van der Waals surface area contributed by atoms with E-state index in [1.54, 1.807) is 12.1 Å². The lowest BCUT2D eigenvalue weighted by molar-refractivity contribution is 0.290. The van der Waals surface area contributed by atoms with Crippen LogP contribution in [-0.2, 0) is 0 Å². The quantitative estimate of drug-likeness (QED) is 0.512. The molecule has 3 nitrogen and oxygen atoms in total. The van der Waals surface area contributed by atoms with Crippen LogP contribution in [0.15, 0.2) is 78.9 Å². The Balaban J connectivity index is 1.85. The lowest BCUT2D eigenvalue weighted by atomic mass is 9.85. The predicted molar refractivity (Wildman–Crippen MR) is 119 cm³/mol. The SMILES string of the molecule is OCCCC(=C(c1ccc(O)cc1)c1ccc(C2CNC2)cc1)c1ccccc1. The number of hydrogen-bond acceptors (Lipinski definition) is 3. The van der Waals surface area contributed by atoms with Gasteiger partial charge in [-0.2, -0.15) is 0 Å². The van der Waals surface area contributed by atoms with Crippen LogP contribution in [0.3, 0.4) is 0 Å². The molecular weight excluding hydrogens is 358 g/mol. The zero-order valence-electron chi connectivity index (χ0n) is 16.5. The van der Waals surface area contributed by atoms with Crippen molar-refractivity contribution in [2.24, 2.45) is 0 Å². The van der Waals surface area contributed by atoms with Crippen LogP contribution in [0.25, 0.3) is 11.1 Å². The Kier molecular flexibility index (Phi) is 6.09. The first kappa shape index (κ1) is 19.4. The molecule has 0 saturated carbocycles. The van der Waals surface area contributed by atoms with Crippen LogP contribution in [0.4, 0.5) is 0 Å². The Morgan fingerprint density at radius 2 is 1.41 bits per heavy atom. The number of nitrogens with one attached hydrogen (secondary N) is 1. The number of aliphatic hydroxyl groups is 1. The van der Waals surface area contributed by atoms with Crippen LogP contribution in [0.5, 0.6) is 5.75 Å². The molecule has 3 N–H and O–H groups in total. The molecule has 29 heavy (non-hydrogen) atoms. The van der Waals surface area contributed by atoms with Crippen LogP contribution in [0.1, 0.15) is 41.0 Å². The maximum atomic E-state index is 9.78. The van der Waals surface area contributed by atoms with E-state index in [0.717, 1.165) is 41.8 Å². The average Bonchev–Trinajstić information content (AvgIpc) is 2.72. The van der Waals surface area contributed by atoms with Crippen LogP contribution < -0.4 is 5.32 Å². The average molecular weight is 386 g/mol. The number of benzene rings is 3. The molecule has 1 heterocycles. The molecule has 1 aliphatic heterocycles. The zero-order chi connectivity index (χ0) is 20.1. The highest BCUT2D eigenvalue weighted by molar-refractivity contribution is 5.98. The fourth-order valence-corrected chi connectivity index (χ4v) is 3.90. The molecule has 0 atom stereocenters. The number of rotatable bonds is 7. The van der Waals surface area contributed by atoms with E-state index in [2.05, 4.69) is 53.8 Å². The fraction of sp³-hybridized carbons (Fsp3) is 0.231. The lowest BCUT2D eigenvalue weighted by Crippen LogP contribution is -2.39. The Morgan fingerprint density at radius 3 is 1.97 bits per heavy atom. The molecule has 0 aliphatic carbocycles. The second-order valence-electron chi connectivity index (χ2n) is 7.57. The topological polar surface area (TPSA) is 52.5 Å². The summed E-state index contributed by atoms with van der Waals surface area (Å²) in [6, 6.07) is 26.7. The van der Waals surface area contributed by atoms with Crippen molar-refractivity contribution in [3.63, 3.8) is 0 Å². The van der Waals surface area contributed by atoms with Gasteiger partial charge in [0, 0.05) is 25.6 Å². The number of aromatic hydroxyl groups is 1. The van der Waals surface area contributed by atoms with E-state index in [0.29, 0.717) is 12.3 Å². The molecule has 1 aliphatic rings. The molecular formula is C26H27NO2. The summed E-state index contributed by atoms with van der Waals surface area (Å²) < 4.78 is 0. The number of hydrogen-bond donors (Lipinski definition) is 3. The summed E-state index contributed by atoms with van der Waals surface area (Å²) in [7, 11) is 0. The van der Waals surface area contributed by atoms with Gasteiger partial charge in [0.25, 0.3) is 0 Å². The van der Waals surface area contributed by atoms with Crippen LogP contribution in [0.2, 0.25) is 0 Å². The third-order valence-electron chi connectivity index (χ3n) is 5.62. The molecule has 3 aromatic carbocycles. The van der Waals surface area contributed by atoms with Gasteiger partial charge in [0.2, 0.25) is 0 Å². The first-order valence-corrected chi connectivity index (χ1v) is 10.3. The molecule has 1 fully saturated rings. The molecule has 3 heteroatoms. The summed E-state index contributed by atoms with van der Waals surface area (Å²) in [5.41, 5.74) is 7.12.